The molecule has 0 unspecified atom stereocenters. The third-order valence-corrected chi connectivity index (χ3v) is 2.51. The number of carbonyl (C=O) groups excluding carboxylic acids is 1. The molecule has 0 fully saturated rings. The van der Waals surface area contributed by atoms with Crippen LogP contribution in [-0.4, -0.2) is 31.3 Å². The maximum absolute atomic E-state index is 11.9. The van der Waals surface area contributed by atoms with Crippen molar-refractivity contribution in [2.24, 2.45) is 5.41 Å². The van der Waals surface area contributed by atoms with Crippen LogP contribution in [0, 0.1) is 5.41 Å². The normalized spacial score (nSPS) is 10.8. The molecule has 20 heavy (non-hydrogen) atoms. The topological polar surface area (TPSA) is 82.1 Å². The zero-order valence-electron chi connectivity index (χ0n) is 12.1. The highest BCUT2D eigenvalue weighted by Crippen LogP contribution is 2.39. The number of esters is 1. The Hall–Kier alpha value is -2.24. The number of hydrogen-bond donors (Lipinski definition) is 1. The van der Waals surface area contributed by atoms with Crippen molar-refractivity contribution in [3.63, 3.8) is 0 Å². The summed E-state index contributed by atoms with van der Waals surface area (Å²) < 4.78 is 15.4. The highest BCUT2D eigenvalue weighted by molar-refractivity contribution is 5.90. The molecule has 0 aliphatic carbocycles. The van der Waals surface area contributed by atoms with E-state index in [1.54, 1.807) is 20.8 Å². The molecule has 0 aliphatic rings. The van der Waals surface area contributed by atoms with Gasteiger partial charge >= 0.3 is 11.9 Å². The van der Waals surface area contributed by atoms with Crippen molar-refractivity contribution in [1.82, 2.24) is 0 Å². The molecule has 0 spiro atoms. The molecular weight excluding hydrogens is 264 g/mol. The summed E-state index contributed by atoms with van der Waals surface area (Å²) in [6.45, 7) is 5.12. The quantitative estimate of drug-likeness (QED) is 0.674. The summed E-state index contributed by atoms with van der Waals surface area (Å²) in [5.41, 5.74) is -0.726. The van der Waals surface area contributed by atoms with E-state index in [2.05, 4.69) is 0 Å². The average Bonchev–Trinajstić information content (AvgIpc) is 2.37. The highest BCUT2D eigenvalue weighted by atomic mass is 16.6. The third-order valence-electron chi connectivity index (χ3n) is 2.51. The molecule has 6 heteroatoms. The van der Waals surface area contributed by atoms with Crippen molar-refractivity contribution < 1.29 is 28.9 Å². The van der Waals surface area contributed by atoms with Crippen molar-refractivity contribution in [1.29, 1.82) is 0 Å². The van der Waals surface area contributed by atoms with Gasteiger partial charge in [0.1, 0.15) is 0 Å². The summed E-state index contributed by atoms with van der Waals surface area (Å²) in [5.74, 6) is -1.29. The first kappa shape index (κ1) is 15.8. The number of benzene rings is 1. The van der Waals surface area contributed by atoms with Crippen LogP contribution < -0.4 is 14.2 Å². The van der Waals surface area contributed by atoms with Crippen molar-refractivity contribution in [2.75, 3.05) is 14.2 Å². The SMILES string of the molecule is COc1cc(C(=O)O)cc(OC)c1OC(=O)C(C)(C)C. The summed E-state index contributed by atoms with van der Waals surface area (Å²) in [6.07, 6.45) is 0. The van der Waals surface area contributed by atoms with Crippen LogP contribution in [0.3, 0.4) is 0 Å². The van der Waals surface area contributed by atoms with Crippen LogP contribution in [-0.2, 0) is 4.79 Å². The number of methoxy groups -OCH3 is 2. The van der Waals surface area contributed by atoms with Gasteiger partial charge in [-0.25, -0.2) is 4.79 Å². The summed E-state index contributed by atoms with van der Waals surface area (Å²) in [6, 6.07) is 2.55. The van der Waals surface area contributed by atoms with Gasteiger partial charge in [0.25, 0.3) is 0 Å². The molecule has 0 bridgehead atoms. The summed E-state index contributed by atoms with van der Waals surface area (Å²) in [7, 11) is 2.71. The van der Waals surface area contributed by atoms with E-state index < -0.39 is 17.4 Å². The second-order valence-corrected chi connectivity index (χ2v) is 5.15. The molecule has 6 nitrogen and oxygen atoms in total. The molecule has 0 radical (unpaired) electrons. The highest BCUT2D eigenvalue weighted by Gasteiger charge is 2.27. The Morgan fingerprint density at radius 2 is 1.50 bits per heavy atom. The second kappa shape index (κ2) is 5.81. The van der Waals surface area contributed by atoms with Crippen LogP contribution in [0.25, 0.3) is 0 Å². The van der Waals surface area contributed by atoms with Gasteiger partial charge in [0, 0.05) is 0 Å². The predicted octanol–water partition coefficient (Wildman–Crippen LogP) is 2.35. The molecule has 0 atom stereocenters. The number of hydrogen-bond acceptors (Lipinski definition) is 5. The number of aromatic carboxylic acids is 1. The summed E-state index contributed by atoms with van der Waals surface area (Å²) in [4.78, 5) is 23.0. The van der Waals surface area contributed by atoms with Crippen LogP contribution in [0.1, 0.15) is 31.1 Å². The van der Waals surface area contributed by atoms with Gasteiger partial charge in [0.15, 0.2) is 11.5 Å². The second-order valence-electron chi connectivity index (χ2n) is 5.15. The fraction of sp³-hybridized carbons (Fsp3) is 0.429. The van der Waals surface area contributed by atoms with E-state index in [-0.39, 0.29) is 22.8 Å². The Balaban J connectivity index is 3.30. The maximum atomic E-state index is 11.9. The predicted molar refractivity (Wildman–Crippen MR) is 71.6 cm³/mol. The summed E-state index contributed by atoms with van der Waals surface area (Å²) >= 11 is 0. The van der Waals surface area contributed by atoms with E-state index >= 15 is 0 Å². The fourth-order valence-corrected chi connectivity index (χ4v) is 1.35. The summed E-state index contributed by atoms with van der Waals surface area (Å²) in [5, 5.41) is 9.01. The lowest BCUT2D eigenvalue weighted by Crippen LogP contribution is -2.26. The van der Waals surface area contributed by atoms with Gasteiger partial charge < -0.3 is 19.3 Å². The van der Waals surface area contributed by atoms with Gasteiger partial charge in [-0.1, -0.05) is 0 Å². The van der Waals surface area contributed by atoms with Crippen LogP contribution in [0.2, 0.25) is 0 Å². The number of rotatable bonds is 4. The molecule has 0 heterocycles. The van der Waals surface area contributed by atoms with Crippen molar-refractivity contribution in [3.05, 3.63) is 17.7 Å². The largest absolute Gasteiger partial charge is 0.493 e. The van der Waals surface area contributed by atoms with Crippen LogP contribution in [0.4, 0.5) is 0 Å². The minimum atomic E-state index is -1.13. The fourth-order valence-electron chi connectivity index (χ4n) is 1.35. The first-order chi connectivity index (χ1) is 9.20. The number of carbonyl (C=O) groups is 2. The number of carboxylic acid groups (broad SMARTS) is 1. The van der Waals surface area contributed by atoms with Crippen molar-refractivity contribution in [2.45, 2.75) is 20.8 Å². The Morgan fingerprint density at radius 3 is 1.80 bits per heavy atom. The standard InChI is InChI=1S/C14H18O6/c1-14(2,3)13(17)20-11-9(18-4)6-8(12(15)16)7-10(11)19-5/h6-7H,1-5H3,(H,15,16). The van der Waals surface area contributed by atoms with Gasteiger partial charge in [-0.2, -0.15) is 0 Å². The lowest BCUT2D eigenvalue weighted by molar-refractivity contribution is -0.143. The van der Waals surface area contributed by atoms with Crippen LogP contribution in [0.5, 0.6) is 17.2 Å². The molecule has 0 saturated carbocycles. The van der Waals surface area contributed by atoms with E-state index in [1.807, 2.05) is 0 Å². The molecule has 1 aromatic rings. The molecule has 1 rings (SSSR count). The molecule has 0 aliphatic heterocycles. The molecule has 0 amide bonds. The monoisotopic (exact) mass is 282 g/mol. The molecule has 110 valence electrons. The van der Waals surface area contributed by atoms with Crippen LogP contribution >= 0.6 is 0 Å². The lowest BCUT2D eigenvalue weighted by atomic mass is 9.97. The van der Waals surface area contributed by atoms with Gasteiger partial charge in [0.05, 0.1) is 25.2 Å². The minimum Gasteiger partial charge on any atom is -0.493 e. The Bertz CT molecular complexity index is 502. The molecule has 0 aromatic heterocycles. The first-order valence-electron chi connectivity index (χ1n) is 5.92. The van der Waals surface area contributed by atoms with Crippen LogP contribution in [0.15, 0.2) is 12.1 Å². The van der Waals surface area contributed by atoms with E-state index in [9.17, 15) is 9.59 Å². The zero-order valence-corrected chi connectivity index (χ0v) is 12.1. The number of ether oxygens (including phenoxy) is 3. The number of carboxylic acids is 1. The first-order valence-corrected chi connectivity index (χ1v) is 5.92. The van der Waals surface area contributed by atoms with E-state index in [4.69, 9.17) is 19.3 Å². The van der Waals surface area contributed by atoms with Gasteiger partial charge in [-0.3, -0.25) is 4.79 Å². The smallest absolute Gasteiger partial charge is 0.335 e. The van der Waals surface area contributed by atoms with Gasteiger partial charge in [-0.15, -0.1) is 0 Å². The van der Waals surface area contributed by atoms with Gasteiger partial charge in [-0.05, 0) is 32.9 Å². The van der Waals surface area contributed by atoms with E-state index in [1.165, 1.54) is 26.4 Å². The molecule has 0 saturated heterocycles. The van der Waals surface area contributed by atoms with E-state index in [0.717, 1.165) is 0 Å². The maximum Gasteiger partial charge on any atom is 0.335 e. The zero-order chi connectivity index (χ0) is 15.5. The van der Waals surface area contributed by atoms with Crippen molar-refractivity contribution in [3.8, 4) is 17.2 Å². The Morgan fingerprint density at radius 1 is 1.05 bits per heavy atom. The van der Waals surface area contributed by atoms with E-state index in [0.29, 0.717) is 0 Å². The Labute approximate surface area is 117 Å². The molecule has 1 aromatic carbocycles. The minimum absolute atomic E-state index is 0.0192. The van der Waals surface area contributed by atoms with Gasteiger partial charge in [0.2, 0.25) is 5.75 Å². The average molecular weight is 282 g/mol. The lowest BCUT2D eigenvalue weighted by Gasteiger charge is -2.19. The third kappa shape index (κ3) is 3.40. The molecule has 1 N–H and O–H groups in total. The van der Waals surface area contributed by atoms with Crippen molar-refractivity contribution >= 4 is 11.9 Å². The Kier molecular flexibility index (Phi) is 4.60. The molecular formula is C14H18O6.